The third-order valence-electron chi connectivity index (χ3n) is 1.85. The van der Waals surface area contributed by atoms with Crippen LogP contribution < -0.4 is 5.63 Å². The highest BCUT2D eigenvalue weighted by Gasteiger charge is 1.92. The van der Waals surface area contributed by atoms with Gasteiger partial charge in [0.1, 0.15) is 5.58 Å². The molecule has 2 aromatic rings. The quantitative estimate of drug-likeness (QED) is 0.766. The molecule has 0 radical (unpaired) electrons. The fourth-order valence-corrected chi connectivity index (χ4v) is 1.11. The minimum atomic E-state index is -0.961. The van der Waals surface area contributed by atoms with E-state index in [9.17, 15) is 9.59 Å². The second kappa shape index (κ2) is 6.44. The molecule has 5 nitrogen and oxygen atoms in total. The van der Waals surface area contributed by atoms with Crippen LogP contribution in [0, 0.1) is 0 Å². The molecule has 2 rings (SSSR count). The number of aliphatic hydroxyl groups is 1. The van der Waals surface area contributed by atoms with Crippen molar-refractivity contribution < 1.29 is 19.4 Å². The molecule has 0 fully saturated rings. The van der Waals surface area contributed by atoms with E-state index in [0.29, 0.717) is 5.58 Å². The number of para-hydroxylation sites is 1. The van der Waals surface area contributed by atoms with E-state index in [4.69, 9.17) is 14.6 Å². The highest BCUT2D eigenvalue weighted by molar-refractivity contribution is 5.75. The Morgan fingerprint density at radius 1 is 1.18 bits per heavy atom. The maximum atomic E-state index is 10.7. The summed E-state index contributed by atoms with van der Waals surface area (Å²) >= 11 is 0. The molecule has 90 valence electrons. The van der Waals surface area contributed by atoms with Crippen molar-refractivity contribution in [2.75, 3.05) is 6.61 Å². The summed E-state index contributed by atoms with van der Waals surface area (Å²) in [5.41, 5.74) is 0.337. The lowest BCUT2D eigenvalue weighted by molar-refractivity contribution is -0.137. The van der Waals surface area contributed by atoms with Crippen LogP contribution in [0.15, 0.2) is 45.6 Å². The van der Waals surface area contributed by atoms with Gasteiger partial charge in [-0.1, -0.05) is 18.2 Å². The summed E-state index contributed by atoms with van der Waals surface area (Å²) in [6, 6.07) is 10.6. The molecular weight excluding hydrogens is 224 g/mol. The molecule has 0 saturated carbocycles. The number of hydrogen-bond acceptors (Lipinski definition) is 4. The number of aliphatic carboxylic acids is 1. The van der Waals surface area contributed by atoms with Crippen molar-refractivity contribution in [1.82, 2.24) is 0 Å². The predicted molar refractivity (Wildman–Crippen MR) is 61.8 cm³/mol. The molecular formula is C12H12O5. The van der Waals surface area contributed by atoms with Gasteiger partial charge in [0.15, 0.2) is 0 Å². The molecule has 0 unspecified atom stereocenters. The standard InChI is InChI=1S/C9H6O2.C3H6O3/c10-9-6-5-7-3-1-2-4-8(7)11-9;4-2-1-3(5)6/h1-6H;4H,1-2H2,(H,5,6). The molecule has 1 aromatic heterocycles. The van der Waals surface area contributed by atoms with Crippen LogP contribution in [0.2, 0.25) is 0 Å². The fraction of sp³-hybridized carbons (Fsp3) is 0.167. The van der Waals surface area contributed by atoms with E-state index in [0.717, 1.165) is 5.39 Å². The van der Waals surface area contributed by atoms with Crippen LogP contribution in [0.4, 0.5) is 0 Å². The Balaban J connectivity index is 0.000000209. The van der Waals surface area contributed by atoms with Gasteiger partial charge >= 0.3 is 11.6 Å². The van der Waals surface area contributed by atoms with Crippen molar-refractivity contribution in [3.8, 4) is 0 Å². The van der Waals surface area contributed by atoms with Gasteiger partial charge in [-0.3, -0.25) is 4.79 Å². The van der Waals surface area contributed by atoms with Crippen molar-refractivity contribution in [1.29, 1.82) is 0 Å². The molecule has 1 heterocycles. The summed E-state index contributed by atoms with van der Waals surface area (Å²) in [6.45, 7) is -0.269. The van der Waals surface area contributed by atoms with Crippen LogP contribution in [0.25, 0.3) is 11.0 Å². The van der Waals surface area contributed by atoms with Gasteiger partial charge < -0.3 is 14.6 Å². The second-order valence-electron chi connectivity index (χ2n) is 3.16. The molecule has 0 aliphatic rings. The van der Waals surface area contributed by atoms with Crippen LogP contribution in [-0.2, 0) is 4.79 Å². The van der Waals surface area contributed by atoms with E-state index in [1.54, 1.807) is 12.1 Å². The zero-order chi connectivity index (χ0) is 12.7. The van der Waals surface area contributed by atoms with Crippen LogP contribution in [0.5, 0.6) is 0 Å². The Morgan fingerprint density at radius 3 is 2.47 bits per heavy atom. The van der Waals surface area contributed by atoms with Crippen molar-refractivity contribution in [2.45, 2.75) is 6.42 Å². The van der Waals surface area contributed by atoms with Crippen molar-refractivity contribution in [3.63, 3.8) is 0 Å². The summed E-state index contributed by atoms with van der Waals surface area (Å²) in [6.07, 6.45) is -0.153. The Labute approximate surface area is 96.9 Å². The Hall–Kier alpha value is -2.14. The summed E-state index contributed by atoms with van der Waals surface area (Å²) in [7, 11) is 0. The van der Waals surface area contributed by atoms with Gasteiger partial charge in [-0.2, -0.15) is 0 Å². The number of carboxylic acid groups (broad SMARTS) is 1. The van der Waals surface area contributed by atoms with Gasteiger partial charge in [-0.25, -0.2) is 4.79 Å². The number of hydrogen-bond donors (Lipinski definition) is 2. The van der Waals surface area contributed by atoms with Gasteiger partial charge in [0, 0.05) is 11.5 Å². The third-order valence-corrected chi connectivity index (χ3v) is 1.85. The maximum absolute atomic E-state index is 10.7. The molecule has 0 spiro atoms. The Bertz CT molecular complexity index is 544. The van der Waals surface area contributed by atoms with Gasteiger partial charge in [0.05, 0.1) is 13.0 Å². The minimum Gasteiger partial charge on any atom is -0.481 e. The molecule has 0 saturated heterocycles. The largest absolute Gasteiger partial charge is 0.481 e. The Kier molecular flexibility index (Phi) is 4.90. The molecule has 17 heavy (non-hydrogen) atoms. The molecule has 2 N–H and O–H groups in total. The van der Waals surface area contributed by atoms with E-state index >= 15 is 0 Å². The lowest BCUT2D eigenvalue weighted by Crippen LogP contribution is -1.96. The average molecular weight is 236 g/mol. The summed E-state index contributed by atoms with van der Waals surface area (Å²) in [5.74, 6) is -0.961. The molecule has 0 amide bonds. The highest BCUT2D eigenvalue weighted by Crippen LogP contribution is 2.08. The summed E-state index contributed by atoms with van der Waals surface area (Å²) in [5, 5.41) is 16.6. The van der Waals surface area contributed by atoms with Gasteiger partial charge in [-0.05, 0) is 12.1 Å². The first-order valence-electron chi connectivity index (χ1n) is 4.95. The van der Waals surface area contributed by atoms with Crippen LogP contribution in [0.3, 0.4) is 0 Å². The highest BCUT2D eigenvalue weighted by atomic mass is 16.4. The molecule has 5 heteroatoms. The summed E-state index contributed by atoms with van der Waals surface area (Å²) < 4.78 is 4.91. The summed E-state index contributed by atoms with van der Waals surface area (Å²) in [4.78, 5) is 20.2. The van der Waals surface area contributed by atoms with Crippen LogP contribution >= 0.6 is 0 Å². The normalized spacial score (nSPS) is 9.47. The molecule has 0 atom stereocenters. The van der Waals surface area contributed by atoms with E-state index in [-0.39, 0.29) is 18.7 Å². The number of benzene rings is 1. The zero-order valence-corrected chi connectivity index (χ0v) is 9.00. The monoisotopic (exact) mass is 236 g/mol. The molecule has 1 aromatic carbocycles. The number of carbonyl (C=O) groups is 1. The molecule has 0 aliphatic heterocycles. The molecule has 0 bridgehead atoms. The lowest BCUT2D eigenvalue weighted by atomic mass is 10.2. The number of carboxylic acids is 1. The first-order chi connectivity index (χ1) is 8.13. The van der Waals surface area contributed by atoms with E-state index in [1.807, 2.05) is 18.2 Å². The van der Waals surface area contributed by atoms with Gasteiger partial charge in [0.25, 0.3) is 0 Å². The van der Waals surface area contributed by atoms with Crippen molar-refractivity contribution in [3.05, 3.63) is 46.8 Å². The maximum Gasteiger partial charge on any atom is 0.336 e. The van der Waals surface area contributed by atoms with Gasteiger partial charge in [0.2, 0.25) is 0 Å². The zero-order valence-electron chi connectivity index (χ0n) is 9.00. The van der Waals surface area contributed by atoms with Crippen molar-refractivity contribution in [2.24, 2.45) is 0 Å². The van der Waals surface area contributed by atoms with Gasteiger partial charge in [-0.15, -0.1) is 0 Å². The average Bonchev–Trinajstić information content (AvgIpc) is 2.29. The van der Waals surface area contributed by atoms with Crippen molar-refractivity contribution >= 4 is 16.9 Å². The smallest absolute Gasteiger partial charge is 0.336 e. The minimum absolute atomic E-state index is 0.153. The molecule has 0 aliphatic carbocycles. The van der Waals surface area contributed by atoms with E-state index < -0.39 is 5.97 Å². The van der Waals surface area contributed by atoms with Crippen LogP contribution in [-0.4, -0.2) is 22.8 Å². The number of fused-ring (bicyclic) bond motifs is 1. The first kappa shape index (κ1) is 12.9. The predicted octanol–water partition coefficient (Wildman–Crippen LogP) is 1.25. The van der Waals surface area contributed by atoms with Crippen LogP contribution in [0.1, 0.15) is 6.42 Å². The number of rotatable bonds is 2. The van der Waals surface area contributed by atoms with E-state index in [2.05, 4.69) is 0 Å². The van der Waals surface area contributed by atoms with E-state index in [1.165, 1.54) is 6.07 Å². The SMILES string of the molecule is O=C(O)CCO.O=c1ccc2ccccc2o1. The number of aliphatic hydroxyl groups excluding tert-OH is 1. The fourth-order valence-electron chi connectivity index (χ4n) is 1.11. The second-order valence-corrected chi connectivity index (χ2v) is 3.16. The topological polar surface area (TPSA) is 87.7 Å². The Morgan fingerprint density at radius 2 is 1.88 bits per heavy atom. The lowest BCUT2D eigenvalue weighted by Gasteiger charge is -1.91. The first-order valence-corrected chi connectivity index (χ1v) is 4.95. The third kappa shape index (κ3) is 4.48.